The van der Waals surface area contributed by atoms with E-state index in [0.717, 1.165) is 18.5 Å². The second kappa shape index (κ2) is 5.86. The summed E-state index contributed by atoms with van der Waals surface area (Å²) in [6.45, 7) is 0. The van der Waals surface area contributed by atoms with Crippen LogP contribution in [0.5, 0.6) is 0 Å². The summed E-state index contributed by atoms with van der Waals surface area (Å²) in [4.78, 5) is 23.7. The van der Waals surface area contributed by atoms with E-state index < -0.39 is 11.8 Å². The third kappa shape index (κ3) is 3.18. The highest BCUT2D eigenvalue weighted by molar-refractivity contribution is 6.38. The van der Waals surface area contributed by atoms with E-state index in [0.29, 0.717) is 11.6 Å². The summed E-state index contributed by atoms with van der Waals surface area (Å²) < 4.78 is 1.71. The van der Waals surface area contributed by atoms with Gasteiger partial charge in [0.1, 0.15) is 0 Å². The van der Waals surface area contributed by atoms with Crippen LogP contribution in [-0.2, 0) is 7.05 Å². The van der Waals surface area contributed by atoms with E-state index in [1.807, 2.05) is 7.05 Å². The minimum absolute atomic E-state index is 0.0889. The average Bonchev–Trinajstić information content (AvgIpc) is 3.24. The van der Waals surface area contributed by atoms with Crippen molar-refractivity contribution < 1.29 is 9.59 Å². The van der Waals surface area contributed by atoms with Crippen LogP contribution in [-0.4, -0.2) is 21.6 Å². The van der Waals surface area contributed by atoms with Gasteiger partial charge in [0.15, 0.2) is 5.69 Å². The molecule has 3 rings (SSSR count). The van der Waals surface area contributed by atoms with Gasteiger partial charge in [-0.15, -0.1) is 0 Å². The number of nitrogens with zero attached hydrogens (tertiary/aromatic N) is 2. The van der Waals surface area contributed by atoms with Crippen molar-refractivity contribution in [2.75, 3.05) is 5.32 Å². The second-order valence-electron chi connectivity index (χ2n) is 5.48. The smallest absolute Gasteiger partial charge is 0.276 e. The van der Waals surface area contributed by atoms with Crippen LogP contribution in [0.25, 0.3) is 0 Å². The molecule has 1 heterocycles. The average molecular weight is 353 g/mol. The fourth-order valence-electron chi connectivity index (χ4n) is 2.37. The Morgan fingerprint density at radius 3 is 2.57 bits per heavy atom. The number of carbonyl (C=O) groups is 2. The Morgan fingerprint density at radius 1 is 1.26 bits per heavy atom. The van der Waals surface area contributed by atoms with Crippen molar-refractivity contribution in [3.8, 4) is 0 Å². The van der Waals surface area contributed by atoms with Gasteiger partial charge in [0.2, 0.25) is 5.91 Å². The molecule has 6 nitrogen and oxygen atoms in total. The van der Waals surface area contributed by atoms with Gasteiger partial charge in [-0.2, -0.15) is 5.10 Å². The molecule has 2 aromatic rings. The van der Waals surface area contributed by atoms with Gasteiger partial charge < -0.3 is 11.1 Å². The Kier molecular flexibility index (Phi) is 4.04. The molecular formula is C15H14Cl2N4O2. The van der Waals surface area contributed by atoms with E-state index in [2.05, 4.69) is 10.4 Å². The Balaban J connectivity index is 1.86. The Hall–Kier alpha value is -2.05. The van der Waals surface area contributed by atoms with Crippen molar-refractivity contribution in [2.45, 2.75) is 18.8 Å². The normalized spacial score (nSPS) is 13.9. The van der Waals surface area contributed by atoms with Crippen LogP contribution in [0.3, 0.4) is 0 Å². The van der Waals surface area contributed by atoms with E-state index in [4.69, 9.17) is 28.9 Å². The fraction of sp³-hybridized carbons (Fsp3) is 0.267. The molecule has 1 saturated carbocycles. The molecule has 0 atom stereocenters. The molecule has 23 heavy (non-hydrogen) atoms. The summed E-state index contributed by atoms with van der Waals surface area (Å²) in [5.41, 5.74) is 6.92. The molecular weight excluding hydrogens is 339 g/mol. The number of halogens is 2. The number of hydrogen-bond acceptors (Lipinski definition) is 3. The first-order valence-corrected chi connectivity index (χ1v) is 7.76. The second-order valence-corrected chi connectivity index (χ2v) is 6.30. The zero-order chi connectivity index (χ0) is 16.7. The molecule has 0 spiro atoms. The molecule has 0 bridgehead atoms. The van der Waals surface area contributed by atoms with E-state index in [1.165, 1.54) is 12.1 Å². The standard InChI is InChI=1S/C15H14Cl2N4O2/c1-21-13(7-2-3-7)6-12(20-21)15(23)19-11-4-8(14(18)22)9(16)5-10(11)17/h4-7H,2-3H2,1H3,(H2,18,22)(H,19,23). The van der Waals surface area contributed by atoms with Crippen LogP contribution in [0.15, 0.2) is 18.2 Å². The zero-order valence-corrected chi connectivity index (χ0v) is 13.8. The number of aromatic nitrogens is 2. The molecule has 0 unspecified atom stereocenters. The van der Waals surface area contributed by atoms with E-state index in [-0.39, 0.29) is 21.3 Å². The van der Waals surface area contributed by atoms with E-state index >= 15 is 0 Å². The molecule has 1 aromatic heterocycles. The third-order valence-electron chi connectivity index (χ3n) is 3.71. The topological polar surface area (TPSA) is 90.0 Å². The number of aryl methyl sites for hydroxylation is 1. The maximum atomic E-state index is 12.3. The van der Waals surface area contributed by atoms with Gasteiger partial charge in [-0.05, 0) is 31.0 Å². The SMILES string of the molecule is Cn1nc(C(=O)Nc2cc(C(N)=O)c(Cl)cc2Cl)cc1C1CC1. The molecule has 1 aliphatic rings. The fourth-order valence-corrected chi connectivity index (χ4v) is 2.90. The first-order chi connectivity index (χ1) is 10.9. The van der Waals surface area contributed by atoms with Gasteiger partial charge in [-0.1, -0.05) is 23.2 Å². The van der Waals surface area contributed by atoms with Crippen molar-refractivity contribution in [3.05, 3.63) is 45.2 Å². The van der Waals surface area contributed by atoms with Crippen LogP contribution >= 0.6 is 23.2 Å². The summed E-state index contributed by atoms with van der Waals surface area (Å²) in [5, 5.41) is 7.20. The van der Waals surface area contributed by atoms with E-state index in [1.54, 1.807) is 10.7 Å². The summed E-state index contributed by atoms with van der Waals surface area (Å²) in [5.74, 6) is -0.627. The minimum atomic E-state index is -0.698. The number of nitrogens with two attached hydrogens (primary N) is 1. The van der Waals surface area contributed by atoms with Gasteiger partial charge in [-0.3, -0.25) is 14.3 Å². The number of primary amides is 1. The van der Waals surface area contributed by atoms with Crippen molar-refractivity contribution in [2.24, 2.45) is 12.8 Å². The highest BCUT2D eigenvalue weighted by Gasteiger charge is 2.28. The lowest BCUT2D eigenvalue weighted by Crippen LogP contribution is -2.16. The monoisotopic (exact) mass is 352 g/mol. The molecule has 1 aliphatic carbocycles. The van der Waals surface area contributed by atoms with Gasteiger partial charge in [-0.25, -0.2) is 0 Å². The van der Waals surface area contributed by atoms with Crippen molar-refractivity contribution in [1.82, 2.24) is 9.78 Å². The first-order valence-electron chi connectivity index (χ1n) is 7.01. The number of benzene rings is 1. The van der Waals surface area contributed by atoms with Crippen molar-refractivity contribution >= 4 is 40.7 Å². The number of carbonyl (C=O) groups excluding carboxylic acids is 2. The number of amides is 2. The number of hydrogen-bond donors (Lipinski definition) is 2. The lowest BCUT2D eigenvalue weighted by atomic mass is 10.2. The Morgan fingerprint density at radius 2 is 1.96 bits per heavy atom. The Labute approximate surface area is 142 Å². The van der Waals surface area contributed by atoms with Gasteiger partial charge in [0, 0.05) is 18.7 Å². The Bertz CT molecular complexity index is 812. The summed E-state index contributed by atoms with van der Waals surface area (Å²) in [6, 6.07) is 4.49. The minimum Gasteiger partial charge on any atom is -0.366 e. The van der Waals surface area contributed by atoms with Crippen molar-refractivity contribution in [3.63, 3.8) is 0 Å². The summed E-state index contributed by atoms with van der Waals surface area (Å²) in [6.07, 6.45) is 2.23. The van der Waals surface area contributed by atoms with Gasteiger partial charge >= 0.3 is 0 Å². The van der Waals surface area contributed by atoms with Crippen LogP contribution < -0.4 is 11.1 Å². The molecule has 1 aromatic carbocycles. The lowest BCUT2D eigenvalue weighted by Gasteiger charge is -2.08. The molecule has 8 heteroatoms. The molecule has 0 radical (unpaired) electrons. The van der Waals surface area contributed by atoms with Crippen LogP contribution in [0.4, 0.5) is 5.69 Å². The number of rotatable bonds is 4. The predicted molar refractivity (Wildman–Crippen MR) is 88.1 cm³/mol. The number of nitrogens with one attached hydrogen (secondary N) is 1. The molecule has 3 N–H and O–H groups in total. The van der Waals surface area contributed by atoms with Crippen LogP contribution in [0.2, 0.25) is 10.0 Å². The molecule has 0 aliphatic heterocycles. The van der Waals surface area contributed by atoms with Crippen LogP contribution in [0.1, 0.15) is 45.3 Å². The lowest BCUT2D eigenvalue weighted by molar-refractivity contribution is 0.0995. The largest absolute Gasteiger partial charge is 0.366 e. The third-order valence-corrected chi connectivity index (χ3v) is 4.34. The summed E-state index contributed by atoms with van der Waals surface area (Å²) in [7, 11) is 1.81. The highest BCUT2D eigenvalue weighted by Crippen LogP contribution is 2.40. The van der Waals surface area contributed by atoms with Crippen molar-refractivity contribution in [1.29, 1.82) is 0 Å². The number of anilines is 1. The van der Waals surface area contributed by atoms with E-state index in [9.17, 15) is 9.59 Å². The molecule has 0 saturated heterocycles. The maximum absolute atomic E-state index is 12.3. The quantitative estimate of drug-likeness (QED) is 0.886. The van der Waals surface area contributed by atoms with Gasteiger partial charge in [0.05, 0.1) is 21.3 Å². The summed E-state index contributed by atoms with van der Waals surface area (Å²) >= 11 is 12.0. The van der Waals surface area contributed by atoms with Gasteiger partial charge in [0.25, 0.3) is 5.91 Å². The molecule has 120 valence electrons. The molecule has 1 fully saturated rings. The predicted octanol–water partition coefficient (Wildman–Crippen LogP) is 2.96. The zero-order valence-electron chi connectivity index (χ0n) is 12.3. The highest BCUT2D eigenvalue weighted by atomic mass is 35.5. The molecule has 2 amide bonds. The first kappa shape index (κ1) is 15.8. The van der Waals surface area contributed by atoms with Crippen LogP contribution in [0, 0.1) is 0 Å². The maximum Gasteiger partial charge on any atom is 0.276 e.